The highest BCUT2D eigenvalue weighted by atomic mass is 35.5. The normalized spacial score (nSPS) is 13.7. The average molecular weight is 468 g/mol. The molecule has 0 aliphatic heterocycles. The van der Waals surface area contributed by atoms with Gasteiger partial charge in [-0.3, -0.25) is 14.3 Å². The fraction of sp³-hybridized carbons (Fsp3) is 0.280. The molecule has 0 saturated carbocycles. The fourth-order valence-corrected chi connectivity index (χ4v) is 4.97. The van der Waals surface area contributed by atoms with Crippen molar-refractivity contribution in [2.75, 3.05) is 0 Å². The van der Waals surface area contributed by atoms with E-state index in [1.165, 1.54) is 53.7 Å². The van der Waals surface area contributed by atoms with Crippen LogP contribution in [-0.2, 0) is 26.5 Å². The molecule has 1 aliphatic rings. The number of hydrogen-bond acceptors (Lipinski definition) is 3. The van der Waals surface area contributed by atoms with Gasteiger partial charge in [0, 0.05) is 36.6 Å². The van der Waals surface area contributed by atoms with Crippen molar-refractivity contribution in [1.82, 2.24) is 14.1 Å². The predicted molar refractivity (Wildman–Crippen MR) is 128 cm³/mol. The molecule has 7 heteroatoms. The van der Waals surface area contributed by atoms with Gasteiger partial charge in [0.15, 0.2) is 0 Å². The van der Waals surface area contributed by atoms with Gasteiger partial charge in [0.05, 0.1) is 26.9 Å². The molecule has 0 radical (unpaired) electrons. The topological polar surface area (TPSA) is 49.0 Å². The summed E-state index contributed by atoms with van der Waals surface area (Å²) in [5.74, 6) is 0.464. The van der Waals surface area contributed by atoms with E-state index in [1.807, 2.05) is 6.07 Å². The average Bonchev–Trinajstić information content (AvgIpc) is 2.93. The van der Waals surface area contributed by atoms with Crippen molar-refractivity contribution in [1.29, 1.82) is 0 Å². The molecule has 1 aliphatic carbocycles. The standard InChI is InChI=1S/C25H23Cl2N3O2/c1-29-23-6-4-2-3-5-19(23)20-8-7-17(12-24(20)29)30-10-9-18(13-25(30)31)32-15-22-21(27)11-16(26)14-28-22/h7-14H,2-6,15H2,1H3. The first-order valence-electron chi connectivity index (χ1n) is 10.8. The van der Waals surface area contributed by atoms with Crippen LogP contribution in [0.2, 0.25) is 10.0 Å². The van der Waals surface area contributed by atoms with Gasteiger partial charge in [-0.1, -0.05) is 35.7 Å². The Labute approximate surface area is 196 Å². The highest BCUT2D eigenvalue weighted by Gasteiger charge is 2.17. The van der Waals surface area contributed by atoms with E-state index in [1.54, 1.807) is 22.9 Å². The zero-order valence-electron chi connectivity index (χ0n) is 17.8. The summed E-state index contributed by atoms with van der Waals surface area (Å²) < 4.78 is 9.67. The zero-order valence-corrected chi connectivity index (χ0v) is 19.3. The highest BCUT2D eigenvalue weighted by Crippen LogP contribution is 2.32. The van der Waals surface area contributed by atoms with E-state index < -0.39 is 0 Å². The van der Waals surface area contributed by atoms with Crippen LogP contribution in [-0.4, -0.2) is 14.1 Å². The first-order valence-corrected chi connectivity index (χ1v) is 11.5. The molecule has 164 valence electrons. The Bertz CT molecular complexity index is 1370. The minimum absolute atomic E-state index is 0.153. The number of rotatable bonds is 4. The molecule has 0 amide bonds. The number of pyridine rings is 2. The van der Waals surface area contributed by atoms with E-state index in [-0.39, 0.29) is 12.2 Å². The molecule has 5 rings (SSSR count). The van der Waals surface area contributed by atoms with Crippen LogP contribution in [0, 0.1) is 0 Å². The molecule has 32 heavy (non-hydrogen) atoms. The van der Waals surface area contributed by atoms with Crippen LogP contribution in [0.4, 0.5) is 0 Å². The highest BCUT2D eigenvalue weighted by molar-refractivity contribution is 6.34. The SMILES string of the molecule is Cn1c2c(c3ccc(-n4ccc(OCc5ncc(Cl)cc5Cl)cc4=O)cc31)CCCCC2. The molecule has 0 bridgehead atoms. The first kappa shape index (κ1) is 21.1. The second kappa shape index (κ2) is 8.64. The van der Waals surface area contributed by atoms with Crippen LogP contribution in [0.5, 0.6) is 5.75 Å². The molecule has 0 unspecified atom stereocenters. The Morgan fingerprint density at radius 1 is 1.06 bits per heavy atom. The number of nitrogens with zero attached hydrogens (tertiary/aromatic N) is 3. The number of fused-ring (bicyclic) bond motifs is 3. The second-order valence-electron chi connectivity index (χ2n) is 8.19. The first-order chi connectivity index (χ1) is 15.5. The minimum atomic E-state index is -0.159. The van der Waals surface area contributed by atoms with Crippen LogP contribution < -0.4 is 10.3 Å². The summed E-state index contributed by atoms with van der Waals surface area (Å²) in [6.45, 7) is 0.153. The van der Waals surface area contributed by atoms with Gasteiger partial charge in [-0.25, -0.2) is 0 Å². The monoisotopic (exact) mass is 467 g/mol. The Morgan fingerprint density at radius 2 is 1.91 bits per heavy atom. The van der Waals surface area contributed by atoms with Gasteiger partial charge in [-0.15, -0.1) is 0 Å². The molecule has 0 N–H and O–H groups in total. The maximum absolute atomic E-state index is 12.8. The maximum atomic E-state index is 12.8. The summed E-state index contributed by atoms with van der Waals surface area (Å²) in [6, 6.07) is 11.1. The van der Waals surface area contributed by atoms with Crippen LogP contribution in [0.25, 0.3) is 16.6 Å². The Hall–Kier alpha value is -2.76. The molecule has 0 spiro atoms. The Kier molecular flexibility index (Phi) is 5.70. The molecule has 5 nitrogen and oxygen atoms in total. The molecule has 0 fully saturated rings. The lowest BCUT2D eigenvalue weighted by Gasteiger charge is -2.10. The fourth-order valence-electron chi connectivity index (χ4n) is 4.54. The van der Waals surface area contributed by atoms with Crippen LogP contribution in [0.3, 0.4) is 0 Å². The number of ether oxygens (including phenoxy) is 1. The maximum Gasteiger partial charge on any atom is 0.258 e. The van der Waals surface area contributed by atoms with Crippen molar-refractivity contribution < 1.29 is 4.74 Å². The van der Waals surface area contributed by atoms with Gasteiger partial charge in [0.25, 0.3) is 5.56 Å². The predicted octanol–water partition coefficient (Wildman–Crippen LogP) is 5.88. The van der Waals surface area contributed by atoms with E-state index in [9.17, 15) is 4.79 Å². The van der Waals surface area contributed by atoms with Crippen molar-refractivity contribution in [2.24, 2.45) is 7.05 Å². The molecule has 1 aromatic carbocycles. The lowest BCUT2D eigenvalue weighted by molar-refractivity contribution is 0.300. The summed E-state index contributed by atoms with van der Waals surface area (Å²) in [5, 5.41) is 2.20. The van der Waals surface area contributed by atoms with Crippen LogP contribution in [0.1, 0.15) is 36.2 Å². The zero-order chi connectivity index (χ0) is 22.2. The largest absolute Gasteiger partial charge is 0.487 e. The summed E-state index contributed by atoms with van der Waals surface area (Å²) in [6.07, 6.45) is 9.28. The molecule has 0 atom stereocenters. The lowest BCUT2D eigenvalue weighted by Crippen LogP contribution is -2.16. The Morgan fingerprint density at radius 3 is 2.72 bits per heavy atom. The second-order valence-corrected chi connectivity index (χ2v) is 9.03. The van der Waals surface area contributed by atoms with E-state index in [4.69, 9.17) is 27.9 Å². The number of aryl methyl sites for hydroxylation is 2. The summed E-state index contributed by atoms with van der Waals surface area (Å²) >= 11 is 12.0. The third-order valence-corrected chi connectivity index (χ3v) is 6.72. The van der Waals surface area contributed by atoms with E-state index >= 15 is 0 Å². The third-order valence-electron chi connectivity index (χ3n) is 6.19. The molecule has 3 heterocycles. The minimum Gasteiger partial charge on any atom is -0.487 e. The summed E-state index contributed by atoms with van der Waals surface area (Å²) in [7, 11) is 2.13. The van der Waals surface area contributed by atoms with Crippen molar-refractivity contribution in [3.05, 3.63) is 86.1 Å². The molecule has 4 aromatic rings. The van der Waals surface area contributed by atoms with E-state index in [0.717, 1.165) is 18.5 Å². The van der Waals surface area contributed by atoms with Gasteiger partial charge in [-0.05, 0) is 55.5 Å². The molecular formula is C25H23Cl2N3O2. The van der Waals surface area contributed by atoms with Crippen molar-refractivity contribution >= 4 is 34.1 Å². The third kappa shape index (κ3) is 3.91. The number of hydrogen-bond donors (Lipinski definition) is 0. The molecule has 0 saturated heterocycles. The number of benzene rings is 1. The molecule has 3 aromatic heterocycles. The van der Waals surface area contributed by atoms with Crippen molar-refractivity contribution in [2.45, 2.75) is 38.7 Å². The van der Waals surface area contributed by atoms with Gasteiger partial charge in [-0.2, -0.15) is 0 Å². The van der Waals surface area contributed by atoms with Gasteiger partial charge in [0.2, 0.25) is 0 Å². The van der Waals surface area contributed by atoms with Gasteiger partial charge < -0.3 is 9.30 Å². The van der Waals surface area contributed by atoms with E-state index in [0.29, 0.717) is 21.5 Å². The van der Waals surface area contributed by atoms with Crippen molar-refractivity contribution in [3.8, 4) is 11.4 Å². The van der Waals surface area contributed by atoms with Crippen molar-refractivity contribution in [3.63, 3.8) is 0 Å². The van der Waals surface area contributed by atoms with E-state index in [2.05, 4.69) is 28.7 Å². The van der Waals surface area contributed by atoms with Gasteiger partial charge >= 0.3 is 0 Å². The number of halogens is 2. The summed E-state index contributed by atoms with van der Waals surface area (Å²) in [5.41, 5.74) is 5.32. The lowest BCUT2D eigenvalue weighted by atomic mass is 10.1. The summed E-state index contributed by atoms with van der Waals surface area (Å²) in [4.78, 5) is 17.0. The van der Waals surface area contributed by atoms with Crippen LogP contribution in [0.15, 0.2) is 53.6 Å². The number of aromatic nitrogens is 3. The smallest absolute Gasteiger partial charge is 0.258 e. The quantitative estimate of drug-likeness (QED) is 0.352. The molecular weight excluding hydrogens is 445 g/mol. The van der Waals surface area contributed by atoms with Crippen LogP contribution >= 0.6 is 23.2 Å². The Balaban J connectivity index is 1.42. The van der Waals surface area contributed by atoms with Gasteiger partial charge in [0.1, 0.15) is 12.4 Å².